The van der Waals surface area contributed by atoms with Gasteiger partial charge in [0.2, 0.25) is 0 Å². The van der Waals surface area contributed by atoms with Crippen LogP contribution in [-0.4, -0.2) is 36.2 Å². The van der Waals surface area contributed by atoms with E-state index in [4.69, 9.17) is 10.5 Å². The molecule has 1 aromatic carbocycles. The lowest BCUT2D eigenvalue weighted by Crippen LogP contribution is -2.41. The molecule has 0 atom stereocenters. The molecule has 0 spiro atoms. The van der Waals surface area contributed by atoms with E-state index < -0.39 is 5.60 Å². The number of likely N-dealkylation sites (tertiary alicyclic amines) is 1. The number of rotatable bonds is 4. The molecule has 0 aromatic heterocycles. The van der Waals surface area contributed by atoms with Crippen molar-refractivity contribution in [3.8, 4) is 0 Å². The van der Waals surface area contributed by atoms with E-state index >= 15 is 0 Å². The van der Waals surface area contributed by atoms with Gasteiger partial charge in [-0.25, -0.2) is 4.79 Å². The highest BCUT2D eigenvalue weighted by Crippen LogP contribution is 2.32. The number of hydrogen-bond acceptors (Lipinski definition) is 4. The Hall–Kier alpha value is -1.91. The zero-order chi connectivity index (χ0) is 17.7. The maximum Gasteiger partial charge on any atom is 0.410 e. The van der Waals surface area contributed by atoms with E-state index in [1.54, 1.807) is 0 Å². The Morgan fingerprint density at radius 1 is 1.33 bits per heavy atom. The number of carbonyl (C=O) groups excluding carboxylic acids is 1. The summed E-state index contributed by atoms with van der Waals surface area (Å²) in [5.41, 5.74) is 8.80. The number of hydrogen-bond donors (Lipinski definition) is 2. The van der Waals surface area contributed by atoms with Gasteiger partial charge in [-0.1, -0.05) is 13.0 Å². The van der Waals surface area contributed by atoms with Crippen molar-refractivity contribution in [3.63, 3.8) is 0 Å². The standard InChI is InChI=1S/C19H31N3O2/c1-5-10-21-17-7-6-15(13-16(17)20)14-8-11-22(12-9-14)18(23)24-19(2,3)4/h6-7,13-14,21H,5,8-12,20H2,1-4H3. The number of amides is 1. The summed E-state index contributed by atoms with van der Waals surface area (Å²) in [5.74, 6) is 0.450. The molecule has 1 heterocycles. The van der Waals surface area contributed by atoms with Gasteiger partial charge in [-0.3, -0.25) is 0 Å². The summed E-state index contributed by atoms with van der Waals surface area (Å²) in [4.78, 5) is 13.9. The number of piperidine rings is 1. The second-order valence-corrected chi connectivity index (χ2v) is 7.52. The van der Waals surface area contributed by atoms with Crippen molar-refractivity contribution < 1.29 is 9.53 Å². The molecule has 3 N–H and O–H groups in total. The van der Waals surface area contributed by atoms with E-state index in [0.29, 0.717) is 5.92 Å². The summed E-state index contributed by atoms with van der Waals surface area (Å²) < 4.78 is 5.45. The molecule has 24 heavy (non-hydrogen) atoms. The fraction of sp³-hybridized carbons (Fsp3) is 0.632. The Labute approximate surface area is 145 Å². The molecule has 1 fully saturated rings. The van der Waals surface area contributed by atoms with Gasteiger partial charge >= 0.3 is 6.09 Å². The lowest BCUT2D eigenvalue weighted by atomic mass is 9.89. The second kappa shape index (κ2) is 7.77. The van der Waals surface area contributed by atoms with Gasteiger partial charge in [-0.05, 0) is 63.6 Å². The van der Waals surface area contributed by atoms with Crippen molar-refractivity contribution in [2.45, 2.75) is 58.5 Å². The smallest absolute Gasteiger partial charge is 0.410 e. The molecule has 5 nitrogen and oxygen atoms in total. The molecule has 1 saturated heterocycles. The van der Waals surface area contributed by atoms with Gasteiger partial charge in [-0.15, -0.1) is 0 Å². The van der Waals surface area contributed by atoms with E-state index in [9.17, 15) is 4.79 Å². The third-order valence-corrected chi connectivity index (χ3v) is 4.26. The summed E-state index contributed by atoms with van der Waals surface area (Å²) >= 11 is 0. The van der Waals surface area contributed by atoms with Crippen LogP contribution in [0.3, 0.4) is 0 Å². The van der Waals surface area contributed by atoms with Crippen molar-refractivity contribution in [2.75, 3.05) is 30.7 Å². The zero-order valence-electron chi connectivity index (χ0n) is 15.4. The summed E-state index contributed by atoms with van der Waals surface area (Å²) in [7, 11) is 0. The number of nitrogens with one attached hydrogen (secondary N) is 1. The third kappa shape index (κ3) is 5.05. The highest BCUT2D eigenvalue weighted by atomic mass is 16.6. The van der Waals surface area contributed by atoms with Crippen molar-refractivity contribution in [1.82, 2.24) is 4.90 Å². The number of nitrogens with zero attached hydrogens (tertiary/aromatic N) is 1. The summed E-state index contributed by atoms with van der Waals surface area (Å²) in [6.07, 6.45) is 2.75. The molecule has 2 rings (SSSR count). The predicted molar refractivity (Wildman–Crippen MR) is 99.4 cm³/mol. The largest absolute Gasteiger partial charge is 0.444 e. The lowest BCUT2D eigenvalue weighted by molar-refractivity contribution is 0.0205. The van der Waals surface area contributed by atoms with Crippen LogP contribution in [0.15, 0.2) is 18.2 Å². The third-order valence-electron chi connectivity index (χ3n) is 4.26. The van der Waals surface area contributed by atoms with E-state index in [0.717, 1.165) is 50.3 Å². The minimum absolute atomic E-state index is 0.209. The first-order valence-electron chi connectivity index (χ1n) is 8.91. The van der Waals surface area contributed by atoms with Gasteiger partial charge in [0.15, 0.2) is 0 Å². The second-order valence-electron chi connectivity index (χ2n) is 7.52. The molecule has 1 amide bonds. The zero-order valence-corrected chi connectivity index (χ0v) is 15.4. The van der Waals surface area contributed by atoms with Crippen LogP contribution >= 0.6 is 0 Å². The van der Waals surface area contributed by atoms with Crippen LogP contribution in [0.5, 0.6) is 0 Å². The molecular formula is C19H31N3O2. The monoisotopic (exact) mass is 333 g/mol. The fourth-order valence-electron chi connectivity index (χ4n) is 2.98. The van der Waals surface area contributed by atoms with Crippen LogP contribution in [-0.2, 0) is 4.74 Å². The van der Waals surface area contributed by atoms with Crippen LogP contribution in [0.25, 0.3) is 0 Å². The minimum atomic E-state index is -0.441. The first-order chi connectivity index (χ1) is 11.3. The molecule has 134 valence electrons. The Morgan fingerprint density at radius 2 is 2.00 bits per heavy atom. The number of anilines is 2. The highest BCUT2D eigenvalue weighted by molar-refractivity contribution is 5.69. The van der Waals surface area contributed by atoms with E-state index in [1.165, 1.54) is 5.56 Å². The Morgan fingerprint density at radius 3 is 2.54 bits per heavy atom. The van der Waals surface area contributed by atoms with Crippen LogP contribution in [0, 0.1) is 0 Å². The molecule has 1 aliphatic rings. The topological polar surface area (TPSA) is 67.6 Å². The van der Waals surface area contributed by atoms with Gasteiger partial charge in [0.25, 0.3) is 0 Å². The number of carbonyl (C=O) groups is 1. The van der Waals surface area contributed by atoms with Crippen molar-refractivity contribution in [1.29, 1.82) is 0 Å². The molecule has 0 bridgehead atoms. The van der Waals surface area contributed by atoms with Crippen LogP contribution in [0.2, 0.25) is 0 Å². The van der Waals surface area contributed by atoms with E-state index in [2.05, 4.69) is 30.4 Å². The molecule has 0 radical (unpaired) electrons. The summed E-state index contributed by atoms with van der Waals surface area (Å²) in [5, 5.41) is 3.34. The molecule has 0 saturated carbocycles. The average molecular weight is 333 g/mol. The average Bonchev–Trinajstić information content (AvgIpc) is 2.52. The van der Waals surface area contributed by atoms with Gasteiger partial charge in [0.1, 0.15) is 5.60 Å². The predicted octanol–water partition coefficient (Wildman–Crippen LogP) is 4.21. The first-order valence-corrected chi connectivity index (χ1v) is 8.91. The maximum atomic E-state index is 12.1. The van der Waals surface area contributed by atoms with Gasteiger partial charge in [0, 0.05) is 19.6 Å². The van der Waals surface area contributed by atoms with Gasteiger partial charge in [-0.2, -0.15) is 0 Å². The van der Waals surface area contributed by atoms with Crippen LogP contribution < -0.4 is 11.1 Å². The lowest BCUT2D eigenvalue weighted by Gasteiger charge is -2.33. The Kier molecular flexibility index (Phi) is 5.97. The van der Waals surface area contributed by atoms with Crippen LogP contribution in [0.1, 0.15) is 58.4 Å². The number of ether oxygens (including phenoxy) is 1. The fourth-order valence-corrected chi connectivity index (χ4v) is 2.98. The molecule has 1 aromatic rings. The first kappa shape index (κ1) is 18.4. The molecule has 0 unspecified atom stereocenters. The van der Waals surface area contributed by atoms with Crippen molar-refractivity contribution in [3.05, 3.63) is 23.8 Å². The SMILES string of the molecule is CCCNc1ccc(C2CCN(C(=O)OC(C)(C)C)CC2)cc1N. The molecule has 0 aliphatic carbocycles. The van der Waals surface area contributed by atoms with E-state index in [-0.39, 0.29) is 6.09 Å². The Bertz CT molecular complexity index is 558. The number of benzene rings is 1. The van der Waals surface area contributed by atoms with Crippen molar-refractivity contribution in [2.24, 2.45) is 0 Å². The van der Waals surface area contributed by atoms with Gasteiger partial charge < -0.3 is 20.7 Å². The van der Waals surface area contributed by atoms with Crippen molar-refractivity contribution >= 4 is 17.5 Å². The quantitative estimate of drug-likeness (QED) is 0.810. The highest BCUT2D eigenvalue weighted by Gasteiger charge is 2.27. The molecular weight excluding hydrogens is 302 g/mol. The minimum Gasteiger partial charge on any atom is -0.444 e. The van der Waals surface area contributed by atoms with E-state index in [1.807, 2.05) is 25.7 Å². The molecule has 5 heteroatoms. The summed E-state index contributed by atoms with van der Waals surface area (Å²) in [6, 6.07) is 6.30. The number of nitrogen functional groups attached to an aromatic ring is 1. The molecule has 1 aliphatic heterocycles. The van der Waals surface area contributed by atoms with Crippen LogP contribution in [0.4, 0.5) is 16.2 Å². The number of nitrogens with two attached hydrogens (primary N) is 1. The maximum absolute atomic E-state index is 12.1. The summed E-state index contributed by atoms with van der Waals surface area (Å²) in [6.45, 7) is 10.2. The Balaban J connectivity index is 1.92. The van der Waals surface area contributed by atoms with Gasteiger partial charge in [0.05, 0.1) is 11.4 Å². The normalized spacial score (nSPS) is 16.1.